The number of cyclic esters (lactones) is 1. The maximum atomic E-state index is 14.5. The highest BCUT2D eigenvalue weighted by Gasteiger charge is 2.53. The number of sulfonamides is 1. The third-order valence-electron chi connectivity index (χ3n) is 15.1. The highest BCUT2D eigenvalue weighted by atomic mass is 32.2. The molecule has 2 bridgehead atoms. The van der Waals surface area contributed by atoms with Crippen LogP contribution in [-0.4, -0.2) is 133 Å². The van der Waals surface area contributed by atoms with Gasteiger partial charge in [0.1, 0.15) is 24.4 Å². The zero-order chi connectivity index (χ0) is 51.2. The summed E-state index contributed by atoms with van der Waals surface area (Å²) in [5, 5.41) is 34.1. The second-order valence-electron chi connectivity index (χ2n) is 21.0. The topological polar surface area (TPSA) is 215 Å². The van der Waals surface area contributed by atoms with Gasteiger partial charge >= 0.3 is 5.97 Å². The molecule has 1 saturated carbocycles. The summed E-state index contributed by atoms with van der Waals surface area (Å²) in [4.78, 5) is 58.2. The first-order valence-electron chi connectivity index (χ1n) is 25.7. The summed E-state index contributed by atoms with van der Waals surface area (Å²) in [7, 11) is -0.712. The molecule has 15 atom stereocenters. The lowest BCUT2D eigenvalue weighted by molar-refractivity contribution is -0.264. The molecular formula is C53H86N2O13S. The minimum Gasteiger partial charge on any atom is -0.461 e. The van der Waals surface area contributed by atoms with Crippen LogP contribution in [0.1, 0.15) is 145 Å². The van der Waals surface area contributed by atoms with E-state index in [0.717, 1.165) is 6.42 Å². The number of carbonyl (C=O) groups excluding carboxylic acids is 4. The van der Waals surface area contributed by atoms with E-state index in [1.807, 2.05) is 52.0 Å². The fourth-order valence-corrected chi connectivity index (χ4v) is 12.1. The monoisotopic (exact) mass is 991 g/mol. The summed E-state index contributed by atoms with van der Waals surface area (Å²) < 4.78 is 53.0. The Morgan fingerprint density at radius 1 is 0.870 bits per heavy atom. The van der Waals surface area contributed by atoms with Gasteiger partial charge < -0.3 is 39.2 Å². The Kier molecular flexibility index (Phi) is 23.0. The smallest absolute Gasteiger partial charge is 0.329 e. The van der Waals surface area contributed by atoms with Gasteiger partial charge in [0, 0.05) is 38.6 Å². The molecule has 4 aliphatic rings. The number of carbonyl (C=O) groups is 4. The van der Waals surface area contributed by atoms with E-state index in [1.165, 1.54) is 12.0 Å². The van der Waals surface area contributed by atoms with Crippen molar-refractivity contribution in [3.8, 4) is 0 Å². The molecule has 392 valence electrons. The van der Waals surface area contributed by atoms with Crippen molar-refractivity contribution >= 4 is 33.5 Å². The van der Waals surface area contributed by atoms with Gasteiger partial charge in [-0.2, -0.15) is 0 Å². The highest BCUT2D eigenvalue weighted by Crippen LogP contribution is 2.38. The average molecular weight is 991 g/mol. The molecule has 1 aliphatic carbocycles. The summed E-state index contributed by atoms with van der Waals surface area (Å²) in [6, 6.07) is -1.85. The molecule has 0 aromatic rings. The Morgan fingerprint density at radius 3 is 2.28 bits per heavy atom. The number of esters is 1. The minimum absolute atomic E-state index is 0.00916. The van der Waals surface area contributed by atoms with Gasteiger partial charge in [0.05, 0.1) is 24.1 Å². The molecule has 3 heterocycles. The number of Topliss-reactive ketones (excluding diaryl/α,β-unsaturated/α-hetero) is 2. The standard InChI is InChI=1S/C53H86N2O13S/c1-11-27-69(63,64)54-42-32-41-23-21-39(8)53(62,68-41)50(59)51(60)55-26-16-15-19-43(55)52(61)67-45(36(5)30-40-22-24-44(56)46(31-40)65-9)25-20-34(3)29-38(7)48(58)49(66-10)47(57)37(6)28-33(2)17-13-12-14-18-35(42)4/h12-14,17-18,29,33-34,36-37,39-46,48-49,54,56,58,62H,11,15-16,19-28,30-32H2,1-10H3/b14-12?,17-13+,35-18?,38-29+/t33-,34+,36-,37-,39-,40+,41+,42+,43+,44-,45+,46-,48-,49+,53-/m1/s1. The van der Waals surface area contributed by atoms with E-state index in [1.54, 1.807) is 47.0 Å². The number of nitrogens with one attached hydrogen (secondary N) is 1. The fraction of sp³-hybridized carbons (Fsp3) is 0.774. The van der Waals surface area contributed by atoms with Crippen LogP contribution in [0, 0.1) is 35.5 Å². The predicted octanol–water partition coefficient (Wildman–Crippen LogP) is 6.68. The number of ether oxygens (including phenoxy) is 4. The minimum atomic E-state index is -3.73. The van der Waals surface area contributed by atoms with Crippen molar-refractivity contribution in [1.82, 2.24) is 9.62 Å². The molecule has 2 saturated heterocycles. The van der Waals surface area contributed by atoms with Gasteiger partial charge in [0.15, 0.2) is 5.78 Å². The number of allylic oxidation sites excluding steroid dienone is 6. The number of hydrogen-bond donors (Lipinski definition) is 4. The molecule has 1 amide bonds. The van der Waals surface area contributed by atoms with Gasteiger partial charge in [0.25, 0.3) is 11.7 Å². The first-order valence-corrected chi connectivity index (χ1v) is 27.3. The van der Waals surface area contributed by atoms with E-state index >= 15 is 0 Å². The van der Waals surface area contributed by atoms with Crippen LogP contribution < -0.4 is 4.72 Å². The zero-order valence-electron chi connectivity index (χ0n) is 43.1. The number of ketones is 2. The number of amides is 1. The molecule has 0 unspecified atom stereocenters. The van der Waals surface area contributed by atoms with E-state index in [0.29, 0.717) is 81.8 Å². The quantitative estimate of drug-likeness (QED) is 0.108. The molecule has 0 spiro atoms. The van der Waals surface area contributed by atoms with Gasteiger partial charge in [-0.05, 0) is 133 Å². The van der Waals surface area contributed by atoms with Gasteiger partial charge in [0.2, 0.25) is 15.8 Å². The Bertz CT molecular complexity index is 1950. The first kappa shape index (κ1) is 58.5. The van der Waals surface area contributed by atoms with Gasteiger partial charge in [-0.1, -0.05) is 83.6 Å². The van der Waals surface area contributed by atoms with Crippen LogP contribution in [-0.2, 0) is 48.1 Å². The lowest BCUT2D eigenvalue weighted by Gasteiger charge is -2.43. The van der Waals surface area contributed by atoms with Gasteiger partial charge in [-0.25, -0.2) is 17.9 Å². The molecule has 0 radical (unpaired) electrons. The number of aliphatic hydroxyl groups is 3. The van der Waals surface area contributed by atoms with Crippen molar-refractivity contribution in [2.24, 2.45) is 35.5 Å². The fourth-order valence-electron chi connectivity index (χ4n) is 10.7. The van der Waals surface area contributed by atoms with E-state index in [4.69, 9.17) is 18.9 Å². The lowest BCUT2D eigenvalue weighted by atomic mass is 9.78. The summed E-state index contributed by atoms with van der Waals surface area (Å²) in [6.07, 6.45) is 13.5. The maximum absolute atomic E-state index is 14.5. The largest absolute Gasteiger partial charge is 0.461 e. The predicted molar refractivity (Wildman–Crippen MR) is 265 cm³/mol. The van der Waals surface area contributed by atoms with Crippen LogP contribution in [0.25, 0.3) is 0 Å². The molecule has 0 aromatic heterocycles. The second-order valence-corrected chi connectivity index (χ2v) is 22.8. The van der Waals surface area contributed by atoms with Crippen molar-refractivity contribution in [3.63, 3.8) is 0 Å². The van der Waals surface area contributed by atoms with Crippen LogP contribution in [0.5, 0.6) is 0 Å². The van der Waals surface area contributed by atoms with E-state index in [2.05, 4.69) is 4.72 Å². The van der Waals surface area contributed by atoms with Gasteiger partial charge in [-0.3, -0.25) is 14.4 Å². The van der Waals surface area contributed by atoms with E-state index < -0.39 is 87.9 Å². The van der Waals surface area contributed by atoms with Crippen molar-refractivity contribution < 1.29 is 61.9 Å². The molecular weight excluding hydrogens is 905 g/mol. The highest BCUT2D eigenvalue weighted by molar-refractivity contribution is 7.89. The van der Waals surface area contributed by atoms with Crippen molar-refractivity contribution in [2.45, 2.75) is 200 Å². The summed E-state index contributed by atoms with van der Waals surface area (Å²) in [5.74, 6) is -6.94. The van der Waals surface area contributed by atoms with Crippen molar-refractivity contribution in [2.75, 3.05) is 26.5 Å². The second kappa shape index (κ2) is 27.1. The molecule has 0 aromatic carbocycles. The number of fused-ring (bicyclic) bond motifs is 3. The Hall–Kier alpha value is -3.09. The normalized spacial score (nSPS) is 37.8. The van der Waals surface area contributed by atoms with Crippen LogP contribution >= 0.6 is 0 Å². The van der Waals surface area contributed by atoms with Crippen LogP contribution in [0.4, 0.5) is 0 Å². The molecule has 3 fully saturated rings. The molecule has 4 N–H and O–H groups in total. The number of nitrogens with zero attached hydrogens (tertiary/aromatic N) is 1. The number of methoxy groups -OCH3 is 2. The Labute approximate surface area is 412 Å². The Morgan fingerprint density at radius 2 is 1.59 bits per heavy atom. The average Bonchev–Trinajstić information content (AvgIpc) is 3.30. The molecule has 69 heavy (non-hydrogen) atoms. The number of hydrogen-bond acceptors (Lipinski definition) is 13. The third kappa shape index (κ3) is 16.5. The Balaban J connectivity index is 1.72. The van der Waals surface area contributed by atoms with E-state index in [9.17, 15) is 42.9 Å². The van der Waals surface area contributed by atoms with Crippen molar-refractivity contribution in [1.29, 1.82) is 0 Å². The number of rotatable bonds is 9. The summed E-state index contributed by atoms with van der Waals surface area (Å²) >= 11 is 0. The molecule has 4 rings (SSSR count). The van der Waals surface area contributed by atoms with E-state index in [-0.39, 0.29) is 60.7 Å². The molecule has 3 aliphatic heterocycles. The van der Waals surface area contributed by atoms with Crippen LogP contribution in [0.3, 0.4) is 0 Å². The van der Waals surface area contributed by atoms with Crippen LogP contribution in [0.15, 0.2) is 47.6 Å². The lowest BCUT2D eigenvalue weighted by Crippen LogP contribution is -2.61. The maximum Gasteiger partial charge on any atom is 0.329 e. The summed E-state index contributed by atoms with van der Waals surface area (Å²) in [5.41, 5.74) is 1.24. The number of piperidine rings is 1. The number of aliphatic hydroxyl groups excluding tert-OH is 2. The summed E-state index contributed by atoms with van der Waals surface area (Å²) in [6.45, 7) is 14.9. The van der Waals surface area contributed by atoms with Crippen molar-refractivity contribution in [3.05, 3.63) is 47.6 Å². The molecule has 15 nitrogen and oxygen atoms in total. The zero-order valence-corrected chi connectivity index (χ0v) is 44.0. The van der Waals surface area contributed by atoms with Gasteiger partial charge in [-0.15, -0.1) is 0 Å². The first-order chi connectivity index (χ1) is 32.5. The van der Waals surface area contributed by atoms with Crippen LogP contribution in [0.2, 0.25) is 0 Å². The molecule has 16 heteroatoms. The third-order valence-corrected chi connectivity index (χ3v) is 16.7. The SMILES string of the molecule is CCCS(=O)(=O)N[C@H]1C[C@@H]2CC[C@@H](C)[C@@](O)(O2)C(=O)C(=O)N2CCCC[C@H]2C(=O)O[C@H]([C@H](C)C[C@@H]2CC[C@@H](O)[C@H](OC)C2)CC[C@H](C)/C=C(\C)[C@@H](O)[C@@H](OC)C(=O)[C@H](C)C[C@H](C)/C=C/C=CC=C1C.